The lowest BCUT2D eigenvalue weighted by Gasteiger charge is -2.38. The zero-order valence-electron chi connectivity index (χ0n) is 18.6. The van der Waals surface area contributed by atoms with E-state index in [9.17, 15) is 9.59 Å². The number of nitrogens with zero attached hydrogens (tertiary/aromatic N) is 1. The molecule has 1 aliphatic carbocycles. The van der Waals surface area contributed by atoms with Gasteiger partial charge in [-0.3, -0.25) is 4.90 Å². The molecule has 0 bridgehead atoms. The fourth-order valence-corrected chi connectivity index (χ4v) is 7.41. The summed E-state index contributed by atoms with van der Waals surface area (Å²) in [5, 5.41) is 0. The molecule has 1 unspecified atom stereocenters. The number of carbonyl (C=O) groups excluding carboxylic acids is 2. The molecule has 1 saturated carbocycles. The first kappa shape index (κ1) is 22.2. The van der Waals surface area contributed by atoms with Crippen LogP contribution in [0.4, 0.5) is 4.79 Å². The van der Waals surface area contributed by atoms with Crippen LogP contribution in [0.5, 0.6) is 0 Å². The second-order valence-corrected chi connectivity index (χ2v) is 16.0. The fourth-order valence-electron chi connectivity index (χ4n) is 5.24. The van der Waals surface area contributed by atoms with Crippen molar-refractivity contribution in [3.63, 3.8) is 0 Å². The number of hydrogen-bond donors (Lipinski definition) is 0. The first-order valence-corrected chi connectivity index (χ1v) is 14.2. The Morgan fingerprint density at radius 2 is 1.56 bits per heavy atom. The maximum absolute atomic E-state index is 13.2. The Hall–Kier alpha value is -1.04. The molecule has 5 nitrogen and oxygen atoms in total. The van der Waals surface area contributed by atoms with E-state index in [4.69, 9.17) is 9.47 Å². The van der Waals surface area contributed by atoms with E-state index in [0.717, 1.165) is 31.7 Å². The molecule has 0 aromatic carbocycles. The predicted molar refractivity (Wildman–Crippen MR) is 111 cm³/mol. The molecule has 0 aromatic rings. The Labute approximate surface area is 166 Å². The van der Waals surface area contributed by atoms with Gasteiger partial charge in [-0.05, 0) is 56.9 Å². The average Bonchev–Trinajstić information content (AvgIpc) is 3.06. The van der Waals surface area contributed by atoms with Crippen LogP contribution in [-0.4, -0.2) is 49.3 Å². The highest BCUT2D eigenvalue weighted by atomic mass is 28.3. The molecule has 1 saturated heterocycles. The molecule has 1 amide bonds. The molecule has 156 valence electrons. The van der Waals surface area contributed by atoms with Crippen LogP contribution in [0.1, 0.15) is 60.3 Å². The van der Waals surface area contributed by atoms with Crippen molar-refractivity contribution in [2.24, 2.45) is 11.3 Å². The van der Waals surface area contributed by atoms with Crippen LogP contribution in [0.25, 0.3) is 0 Å². The van der Waals surface area contributed by atoms with Crippen molar-refractivity contribution in [1.82, 2.24) is 4.90 Å². The summed E-state index contributed by atoms with van der Waals surface area (Å²) in [5.74, 6) is 0.384. The van der Waals surface area contributed by atoms with Crippen molar-refractivity contribution in [1.29, 1.82) is 0 Å². The third-order valence-corrected chi connectivity index (χ3v) is 7.99. The van der Waals surface area contributed by atoms with Gasteiger partial charge in [0, 0.05) is 8.07 Å². The van der Waals surface area contributed by atoms with E-state index in [-0.39, 0.29) is 17.5 Å². The summed E-state index contributed by atoms with van der Waals surface area (Å²) in [4.78, 5) is 27.9. The summed E-state index contributed by atoms with van der Waals surface area (Å²) in [7, 11) is -1.65. The molecule has 0 aromatic heterocycles. The van der Waals surface area contributed by atoms with Gasteiger partial charge < -0.3 is 9.47 Å². The summed E-state index contributed by atoms with van der Waals surface area (Å²) >= 11 is 0. The summed E-state index contributed by atoms with van der Waals surface area (Å²) in [5.41, 5.74) is -1.01. The number of amides is 1. The summed E-state index contributed by atoms with van der Waals surface area (Å²) < 4.78 is 10.9. The molecule has 2 aliphatic rings. The number of rotatable bonds is 5. The summed E-state index contributed by atoms with van der Waals surface area (Å²) in [6, 6.07) is 0.734. The van der Waals surface area contributed by atoms with Crippen molar-refractivity contribution in [3.8, 4) is 0 Å². The highest BCUT2D eigenvalue weighted by molar-refractivity contribution is 6.76. The van der Waals surface area contributed by atoms with Crippen LogP contribution in [-0.2, 0) is 14.3 Å². The van der Waals surface area contributed by atoms with Crippen LogP contribution in [0, 0.1) is 11.3 Å². The molecule has 1 aliphatic heterocycles. The highest BCUT2D eigenvalue weighted by Crippen LogP contribution is 2.65. The predicted octanol–water partition coefficient (Wildman–Crippen LogP) is 5.07. The Bertz CT molecular complexity index is 570. The summed E-state index contributed by atoms with van der Waals surface area (Å²) in [6.45, 7) is 17.9. The molecule has 6 heteroatoms. The first-order valence-electron chi connectivity index (χ1n) is 10.5. The van der Waals surface area contributed by atoms with Crippen LogP contribution in [0.15, 0.2) is 0 Å². The van der Waals surface area contributed by atoms with E-state index in [1.807, 2.05) is 13.8 Å². The molecular weight excluding hydrogens is 358 g/mol. The van der Waals surface area contributed by atoms with E-state index >= 15 is 0 Å². The molecule has 27 heavy (non-hydrogen) atoms. The number of esters is 1. The van der Waals surface area contributed by atoms with E-state index < -0.39 is 19.2 Å². The van der Waals surface area contributed by atoms with Crippen LogP contribution >= 0.6 is 0 Å². The molecule has 1 atom stereocenters. The zero-order valence-corrected chi connectivity index (χ0v) is 19.6. The lowest BCUT2D eigenvalue weighted by Crippen LogP contribution is -2.44. The SMILES string of the molecule is CCOC(=O)N1C2(CCC(C(C)(C)C)CC2)C1(C[Si](C)(C)C)C(=O)OCC. The summed E-state index contributed by atoms with van der Waals surface area (Å²) in [6.07, 6.45) is 3.44. The lowest BCUT2D eigenvalue weighted by atomic mass is 9.67. The van der Waals surface area contributed by atoms with Crippen LogP contribution in [0.2, 0.25) is 25.7 Å². The maximum Gasteiger partial charge on any atom is 0.411 e. The van der Waals surface area contributed by atoms with Crippen molar-refractivity contribution in [3.05, 3.63) is 0 Å². The zero-order chi connectivity index (χ0) is 20.7. The van der Waals surface area contributed by atoms with Crippen molar-refractivity contribution in [2.75, 3.05) is 13.2 Å². The average molecular weight is 398 g/mol. The van der Waals surface area contributed by atoms with Gasteiger partial charge in [-0.25, -0.2) is 9.59 Å². The van der Waals surface area contributed by atoms with Gasteiger partial charge in [-0.2, -0.15) is 0 Å². The van der Waals surface area contributed by atoms with Crippen LogP contribution < -0.4 is 0 Å². The number of ether oxygens (including phenoxy) is 2. The molecule has 2 fully saturated rings. The Balaban J connectivity index is 2.42. The minimum absolute atomic E-state index is 0.227. The number of carbonyl (C=O) groups is 2. The van der Waals surface area contributed by atoms with Gasteiger partial charge in [0.1, 0.15) is 0 Å². The largest absolute Gasteiger partial charge is 0.464 e. The Morgan fingerprint density at radius 1 is 1.04 bits per heavy atom. The van der Waals surface area contributed by atoms with Gasteiger partial charge in [-0.1, -0.05) is 40.4 Å². The normalized spacial score (nSPS) is 31.0. The van der Waals surface area contributed by atoms with Gasteiger partial charge in [0.25, 0.3) is 0 Å². The van der Waals surface area contributed by atoms with Crippen molar-refractivity contribution >= 4 is 20.1 Å². The third kappa shape index (κ3) is 3.92. The molecule has 0 radical (unpaired) electrons. The van der Waals surface area contributed by atoms with Gasteiger partial charge in [0.2, 0.25) is 0 Å². The van der Waals surface area contributed by atoms with E-state index in [2.05, 4.69) is 40.4 Å². The molecule has 2 rings (SSSR count). The smallest absolute Gasteiger partial charge is 0.411 e. The van der Waals surface area contributed by atoms with E-state index in [0.29, 0.717) is 19.1 Å². The quantitative estimate of drug-likeness (QED) is 0.369. The Kier molecular flexibility index (Phi) is 6.11. The van der Waals surface area contributed by atoms with E-state index in [1.54, 1.807) is 4.90 Å². The molecule has 1 spiro atoms. The fraction of sp³-hybridized carbons (Fsp3) is 0.905. The second-order valence-electron chi connectivity index (χ2n) is 10.5. The van der Waals surface area contributed by atoms with Gasteiger partial charge >= 0.3 is 12.1 Å². The molecular formula is C21H39NO4Si. The molecule has 1 heterocycles. The van der Waals surface area contributed by atoms with Crippen molar-refractivity contribution < 1.29 is 19.1 Å². The topological polar surface area (TPSA) is 55.6 Å². The lowest BCUT2D eigenvalue weighted by molar-refractivity contribution is -0.147. The molecule has 0 N–H and O–H groups in total. The standard InChI is InChI=1S/C21H39NO4Si/c1-9-25-17(23)21(15-27(6,7)8)20(22(21)18(24)26-10-2)13-11-16(12-14-20)19(3,4)5/h16H,9-15H2,1-8H3. The third-order valence-electron chi connectivity index (χ3n) is 6.42. The van der Waals surface area contributed by atoms with Gasteiger partial charge in [0.15, 0.2) is 5.54 Å². The number of hydrogen-bond acceptors (Lipinski definition) is 4. The van der Waals surface area contributed by atoms with Gasteiger partial charge in [0.05, 0.1) is 18.8 Å². The maximum atomic E-state index is 13.2. The second kappa shape index (κ2) is 7.41. The van der Waals surface area contributed by atoms with E-state index in [1.165, 1.54) is 0 Å². The minimum Gasteiger partial charge on any atom is -0.464 e. The highest BCUT2D eigenvalue weighted by Gasteiger charge is 2.82. The van der Waals surface area contributed by atoms with Crippen LogP contribution in [0.3, 0.4) is 0 Å². The Morgan fingerprint density at radius 3 is 1.96 bits per heavy atom. The minimum atomic E-state index is -1.65. The first-order chi connectivity index (χ1) is 12.4. The monoisotopic (exact) mass is 397 g/mol. The van der Waals surface area contributed by atoms with Gasteiger partial charge in [-0.15, -0.1) is 0 Å². The van der Waals surface area contributed by atoms with Crippen molar-refractivity contribution in [2.45, 2.75) is 97.1 Å².